The lowest BCUT2D eigenvalue weighted by atomic mass is 10.2. The molecule has 0 aliphatic carbocycles. The minimum atomic E-state index is -0.642. The zero-order valence-corrected chi connectivity index (χ0v) is 11.2. The summed E-state index contributed by atoms with van der Waals surface area (Å²) in [5, 5.41) is -0.241. The molecule has 2 rings (SSSR count). The first-order valence-corrected chi connectivity index (χ1v) is 6.18. The molecule has 2 nitrogen and oxygen atoms in total. The number of rotatable bonds is 4. The molecule has 19 heavy (non-hydrogen) atoms. The molecule has 0 aliphatic rings. The first-order valence-electron chi connectivity index (χ1n) is 5.43. The lowest BCUT2D eigenvalue weighted by molar-refractivity contribution is 0.107. The van der Waals surface area contributed by atoms with E-state index in [1.165, 1.54) is 18.2 Å². The highest BCUT2D eigenvalue weighted by molar-refractivity contribution is 6.68. The van der Waals surface area contributed by atoms with Crippen LogP contribution in [0.25, 0.3) is 0 Å². The molecule has 0 aromatic heterocycles. The van der Waals surface area contributed by atoms with Crippen molar-refractivity contribution in [1.29, 1.82) is 0 Å². The number of ether oxygens (including phenoxy) is 1. The number of benzene rings is 2. The molecule has 0 atom stereocenters. The van der Waals surface area contributed by atoms with Crippen molar-refractivity contribution >= 4 is 28.4 Å². The van der Waals surface area contributed by atoms with Crippen LogP contribution in [0.5, 0.6) is 5.75 Å². The van der Waals surface area contributed by atoms with Crippen molar-refractivity contribution in [3.63, 3.8) is 0 Å². The van der Waals surface area contributed by atoms with E-state index in [-0.39, 0.29) is 18.0 Å². The van der Waals surface area contributed by atoms with Crippen molar-refractivity contribution in [2.24, 2.45) is 0 Å². The van der Waals surface area contributed by atoms with Crippen molar-refractivity contribution in [3.05, 3.63) is 64.4 Å². The van der Waals surface area contributed by atoms with Crippen molar-refractivity contribution in [2.45, 2.75) is 6.61 Å². The summed E-state index contributed by atoms with van der Waals surface area (Å²) in [5.74, 6) is 0.0283. The van der Waals surface area contributed by atoms with Crippen LogP contribution >= 0.6 is 23.2 Å². The number of halogens is 3. The van der Waals surface area contributed by atoms with Gasteiger partial charge in [-0.3, -0.25) is 4.79 Å². The molecule has 0 bridgehead atoms. The Hall–Kier alpha value is -1.58. The second-order valence-corrected chi connectivity index (χ2v) is 4.61. The van der Waals surface area contributed by atoms with Crippen molar-refractivity contribution in [2.75, 3.05) is 0 Å². The van der Waals surface area contributed by atoms with Gasteiger partial charge in [-0.2, -0.15) is 0 Å². The summed E-state index contributed by atoms with van der Waals surface area (Å²) in [6.45, 7) is 0.207. The van der Waals surface area contributed by atoms with E-state index in [9.17, 15) is 9.18 Å². The fourth-order valence-electron chi connectivity index (χ4n) is 1.52. The summed E-state index contributed by atoms with van der Waals surface area (Å²) in [6, 6.07) is 10.5. The molecule has 2 aromatic rings. The minimum Gasteiger partial charge on any atom is -0.488 e. The normalized spacial score (nSPS) is 10.3. The zero-order valence-electron chi connectivity index (χ0n) is 9.70. The largest absolute Gasteiger partial charge is 0.488 e. The summed E-state index contributed by atoms with van der Waals surface area (Å²) >= 11 is 11.2. The quantitative estimate of drug-likeness (QED) is 0.780. The predicted octanol–water partition coefficient (Wildman–Crippen LogP) is 4.44. The highest BCUT2D eigenvalue weighted by atomic mass is 35.5. The van der Waals surface area contributed by atoms with Crippen molar-refractivity contribution in [1.82, 2.24) is 0 Å². The van der Waals surface area contributed by atoms with Gasteiger partial charge in [0.15, 0.2) is 0 Å². The molecule has 2 aromatic carbocycles. The number of carbonyl (C=O) groups is 1. The van der Waals surface area contributed by atoms with Gasteiger partial charge in [0.05, 0.1) is 5.56 Å². The fourth-order valence-corrected chi connectivity index (χ4v) is 1.84. The first-order chi connectivity index (χ1) is 9.06. The van der Waals surface area contributed by atoms with E-state index in [0.29, 0.717) is 10.8 Å². The molecule has 0 aliphatic heterocycles. The molecular formula is C14H9Cl2FO2. The van der Waals surface area contributed by atoms with Gasteiger partial charge >= 0.3 is 0 Å². The second-order valence-electron chi connectivity index (χ2n) is 3.83. The number of hydrogen-bond acceptors (Lipinski definition) is 2. The lowest BCUT2D eigenvalue weighted by Crippen LogP contribution is -2.00. The monoisotopic (exact) mass is 298 g/mol. The SMILES string of the molecule is O=C(Cl)c1cc(Cl)ccc1OCc1ccc(F)cc1. The maximum atomic E-state index is 12.7. The Labute approximate surface area is 119 Å². The Morgan fingerprint density at radius 1 is 1.16 bits per heavy atom. The molecule has 0 amide bonds. The van der Waals surface area contributed by atoms with Crippen molar-refractivity contribution in [3.8, 4) is 5.75 Å². The summed E-state index contributed by atoms with van der Waals surface area (Å²) < 4.78 is 18.2. The van der Waals surface area contributed by atoms with Gasteiger partial charge in [-0.1, -0.05) is 23.7 Å². The van der Waals surface area contributed by atoms with Crippen LogP contribution in [0.3, 0.4) is 0 Å². The van der Waals surface area contributed by atoms with Crippen LogP contribution < -0.4 is 4.74 Å². The van der Waals surface area contributed by atoms with Crippen molar-refractivity contribution < 1.29 is 13.9 Å². The average Bonchev–Trinajstić information content (AvgIpc) is 2.39. The van der Waals surface area contributed by atoms with Gasteiger partial charge in [-0.25, -0.2) is 4.39 Å². The van der Waals surface area contributed by atoms with Crippen LogP contribution in [-0.4, -0.2) is 5.24 Å². The van der Waals surface area contributed by atoms with Gasteiger partial charge in [-0.05, 0) is 47.5 Å². The van der Waals surface area contributed by atoms with Crippen LogP contribution in [0.15, 0.2) is 42.5 Å². The van der Waals surface area contributed by atoms with Gasteiger partial charge in [0, 0.05) is 5.02 Å². The third-order valence-electron chi connectivity index (χ3n) is 2.46. The number of carbonyl (C=O) groups excluding carboxylic acids is 1. The van der Waals surface area contributed by atoms with Crippen LogP contribution in [0.1, 0.15) is 15.9 Å². The van der Waals surface area contributed by atoms with E-state index in [2.05, 4.69) is 0 Å². The standard InChI is InChI=1S/C14H9Cl2FO2/c15-10-3-6-13(12(7-10)14(16)18)19-8-9-1-4-11(17)5-2-9/h1-7H,8H2. The Morgan fingerprint density at radius 2 is 1.84 bits per heavy atom. The van der Waals surface area contributed by atoms with Gasteiger partial charge in [0.2, 0.25) is 0 Å². The molecule has 0 saturated carbocycles. The third kappa shape index (κ3) is 3.69. The topological polar surface area (TPSA) is 26.3 Å². The molecule has 0 unspecified atom stereocenters. The van der Waals surface area contributed by atoms with Gasteiger partial charge < -0.3 is 4.74 Å². The number of hydrogen-bond donors (Lipinski definition) is 0. The van der Waals surface area contributed by atoms with E-state index < -0.39 is 5.24 Å². The Balaban J connectivity index is 2.15. The van der Waals surface area contributed by atoms with Crippen LogP contribution in [0, 0.1) is 5.82 Å². The lowest BCUT2D eigenvalue weighted by Gasteiger charge is -2.09. The molecule has 0 heterocycles. The molecule has 0 spiro atoms. The second kappa shape index (κ2) is 6.04. The van der Waals surface area contributed by atoms with Crippen LogP contribution in [0.2, 0.25) is 5.02 Å². The van der Waals surface area contributed by atoms with E-state index in [4.69, 9.17) is 27.9 Å². The third-order valence-corrected chi connectivity index (χ3v) is 2.90. The van der Waals surface area contributed by atoms with Crippen LogP contribution in [-0.2, 0) is 6.61 Å². The van der Waals surface area contributed by atoms with E-state index in [1.807, 2.05) is 0 Å². The molecule has 0 radical (unpaired) electrons. The Morgan fingerprint density at radius 3 is 2.47 bits per heavy atom. The summed E-state index contributed by atoms with van der Waals surface area (Å²) in [4.78, 5) is 11.3. The fraction of sp³-hybridized carbons (Fsp3) is 0.0714. The summed E-state index contributed by atoms with van der Waals surface area (Å²) in [5.41, 5.74) is 0.987. The van der Waals surface area contributed by atoms with E-state index in [0.717, 1.165) is 5.56 Å². The minimum absolute atomic E-state index is 0.205. The summed E-state index contributed by atoms with van der Waals surface area (Å²) in [7, 11) is 0. The molecule has 0 fully saturated rings. The first kappa shape index (κ1) is 13.8. The molecular weight excluding hydrogens is 290 g/mol. The van der Waals surface area contributed by atoms with Gasteiger partial charge in [0.1, 0.15) is 18.2 Å². The highest BCUT2D eigenvalue weighted by Crippen LogP contribution is 2.25. The van der Waals surface area contributed by atoms with Crippen LogP contribution in [0.4, 0.5) is 4.39 Å². The van der Waals surface area contributed by atoms with E-state index in [1.54, 1.807) is 24.3 Å². The Bertz CT molecular complexity index is 597. The average molecular weight is 299 g/mol. The van der Waals surface area contributed by atoms with Gasteiger partial charge in [0.25, 0.3) is 5.24 Å². The predicted molar refractivity (Wildman–Crippen MR) is 72.4 cm³/mol. The summed E-state index contributed by atoms with van der Waals surface area (Å²) in [6.07, 6.45) is 0. The molecule has 5 heteroatoms. The van der Waals surface area contributed by atoms with Gasteiger partial charge in [-0.15, -0.1) is 0 Å². The van der Waals surface area contributed by atoms with E-state index >= 15 is 0 Å². The Kier molecular flexibility index (Phi) is 4.40. The molecule has 0 N–H and O–H groups in total. The molecule has 98 valence electrons. The maximum Gasteiger partial charge on any atom is 0.256 e. The zero-order chi connectivity index (χ0) is 13.8. The smallest absolute Gasteiger partial charge is 0.256 e. The maximum absolute atomic E-state index is 12.7. The highest BCUT2D eigenvalue weighted by Gasteiger charge is 2.11. The molecule has 0 saturated heterocycles.